The summed E-state index contributed by atoms with van der Waals surface area (Å²) in [5.74, 6) is -0.180. The number of aryl methyl sites for hydroxylation is 2. The molecule has 0 saturated carbocycles. The van der Waals surface area contributed by atoms with Crippen LogP contribution in [0.4, 0.5) is 11.4 Å². The zero-order valence-electron chi connectivity index (χ0n) is 11.1. The van der Waals surface area contributed by atoms with Crippen LogP contribution in [-0.4, -0.2) is 10.9 Å². The van der Waals surface area contributed by atoms with Gasteiger partial charge in [-0.05, 0) is 36.9 Å². The van der Waals surface area contributed by atoms with Crippen molar-refractivity contribution in [3.8, 4) is 0 Å². The first-order valence-corrected chi connectivity index (χ1v) is 7.82. The van der Waals surface area contributed by atoms with Crippen molar-refractivity contribution >= 4 is 50.2 Å². The summed E-state index contributed by atoms with van der Waals surface area (Å²) in [6.45, 7) is 3.92. The van der Waals surface area contributed by atoms with Gasteiger partial charge in [-0.25, -0.2) is 4.98 Å². The third kappa shape index (κ3) is 2.17. The highest BCUT2D eigenvalue weighted by Crippen LogP contribution is 2.35. The number of carbonyl (C=O) groups excluding carboxylic acids is 1. The van der Waals surface area contributed by atoms with E-state index in [-0.39, 0.29) is 5.91 Å². The fourth-order valence-corrected chi connectivity index (χ4v) is 3.86. The van der Waals surface area contributed by atoms with Gasteiger partial charge in [-0.1, -0.05) is 0 Å². The lowest BCUT2D eigenvalue weighted by atomic mass is 10.1. The average Bonchev–Trinajstić information content (AvgIpc) is 2.97. The van der Waals surface area contributed by atoms with Crippen LogP contribution in [0.3, 0.4) is 0 Å². The Morgan fingerprint density at radius 2 is 2.20 bits per heavy atom. The number of nitrogens with zero attached hydrogens (tertiary/aromatic N) is 1. The van der Waals surface area contributed by atoms with Crippen LogP contribution in [0.2, 0.25) is 0 Å². The summed E-state index contributed by atoms with van der Waals surface area (Å²) in [6.07, 6.45) is 0. The first-order valence-electron chi connectivity index (χ1n) is 6.06. The maximum atomic E-state index is 12.3. The fraction of sp³-hybridized carbons (Fsp3) is 0.143. The second-order valence-corrected chi connectivity index (χ2v) is 6.35. The third-order valence-corrected chi connectivity index (χ3v) is 4.79. The number of thiophene rings is 2. The molecule has 3 N–H and O–H groups in total. The highest BCUT2D eigenvalue weighted by Gasteiger charge is 2.19. The highest BCUT2D eigenvalue weighted by atomic mass is 32.1. The molecule has 3 aromatic heterocycles. The molecule has 0 aliphatic heterocycles. The number of hydrogen-bond acceptors (Lipinski definition) is 5. The van der Waals surface area contributed by atoms with Crippen LogP contribution >= 0.6 is 22.7 Å². The minimum Gasteiger partial charge on any atom is -0.397 e. The van der Waals surface area contributed by atoms with Gasteiger partial charge in [0.25, 0.3) is 5.91 Å². The van der Waals surface area contributed by atoms with E-state index in [9.17, 15) is 4.79 Å². The minimum atomic E-state index is -0.180. The molecule has 0 aliphatic carbocycles. The number of nitrogens with two attached hydrogens (primary N) is 1. The topological polar surface area (TPSA) is 68.0 Å². The summed E-state index contributed by atoms with van der Waals surface area (Å²) in [6, 6.07) is 3.84. The van der Waals surface area contributed by atoms with Crippen molar-refractivity contribution in [3.63, 3.8) is 0 Å². The first kappa shape index (κ1) is 13.1. The van der Waals surface area contributed by atoms with Gasteiger partial charge < -0.3 is 11.1 Å². The number of aromatic nitrogens is 1. The van der Waals surface area contributed by atoms with Gasteiger partial charge in [-0.3, -0.25) is 4.79 Å². The van der Waals surface area contributed by atoms with Gasteiger partial charge in [0.1, 0.15) is 9.71 Å². The number of nitrogen functional groups attached to an aromatic ring is 1. The molecule has 3 rings (SSSR count). The Morgan fingerprint density at radius 1 is 1.40 bits per heavy atom. The molecule has 0 bridgehead atoms. The van der Waals surface area contributed by atoms with E-state index in [2.05, 4.69) is 10.3 Å². The summed E-state index contributed by atoms with van der Waals surface area (Å²) in [5, 5.41) is 7.53. The van der Waals surface area contributed by atoms with E-state index < -0.39 is 0 Å². The lowest BCUT2D eigenvalue weighted by Gasteiger charge is -2.02. The van der Waals surface area contributed by atoms with E-state index >= 15 is 0 Å². The number of pyridine rings is 1. The van der Waals surface area contributed by atoms with Crippen molar-refractivity contribution in [1.82, 2.24) is 4.98 Å². The summed E-state index contributed by atoms with van der Waals surface area (Å²) in [4.78, 5) is 18.1. The number of nitrogens with one attached hydrogen (secondary N) is 1. The molecule has 6 heteroatoms. The van der Waals surface area contributed by atoms with E-state index in [1.807, 2.05) is 36.7 Å². The van der Waals surface area contributed by atoms with E-state index in [0.29, 0.717) is 10.6 Å². The Morgan fingerprint density at radius 3 is 2.90 bits per heavy atom. The van der Waals surface area contributed by atoms with Crippen LogP contribution in [0, 0.1) is 13.8 Å². The molecule has 0 spiro atoms. The molecule has 0 fully saturated rings. The molecule has 0 unspecified atom stereocenters. The standard InChI is InChI=1S/C14H13N3OS2/c1-7-5-8(2)16-14-10(7)11(15)12(20-14)13(18)17-9-3-4-19-6-9/h3-6H,15H2,1-2H3,(H,17,18). The lowest BCUT2D eigenvalue weighted by molar-refractivity contribution is 0.103. The molecule has 1 amide bonds. The quantitative estimate of drug-likeness (QED) is 0.756. The molecular formula is C14H13N3OS2. The van der Waals surface area contributed by atoms with Crippen molar-refractivity contribution in [3.05, 3.63) is 39.0 Å². The van der Waals surface area contributed by atoms with Gasteiger partial charge in [-0.2, -0.15) is 11.3 Å². The predicted molar refractivity (Wildman–Crippen MR) is 85.8 cm³/mol. The van der Waals surface area contributed by atoms with Crippen LogP contribution in [0.5, 0.6) is 0 Å². The van der Waals surface area contributed by atoms with Crippen molar-refractivity contribution in [1.29, 1.82) is 0 Å². The normalized spacial score (nSPS) is 10.9. The maximum absolute atomic E-state index is 12.3. The Hall–Kier alpha value is -1.92. The molecule has 102 valence electrons. The number of rotatable bonds is 2. The number of fused-ring (bicyclic) bond motifs is 1. The van der Waals surface area contributed by atoms with Crippen molar-refractivity contribution in [2.75, 3.05) is 11.1 Å². The van der Waals surface area contributed by atoms with Crippen molar-refractivity contribution in [2.24, 2.45) is 0 Å². The molecular weight excluding hydrogens is 290 g/mol. The Balaban J connectivity index is 2.06. The molecule has 4 nitrogen and oxygen atoms in total. The average molecular weight is 303 g/mol. The van der Waals surface area contributed by atoms with Gasteiger partial charge >= 0.3 is 0 Å². The van der Waals surface area contributed by atoms with Gasteiger partial charge in [0.2, 0.25) is 0 Å². The molecule has 0 aliphatic rings. The molecule has 3 aromatic rings. The second-order valence-electron chi connectivity index (χ2n) is 4.57. The van der Waals surface area contributed by atoms with Crippen molar-refractivity contribution in [2.45, 2.75) is 13.8 Å². The first-order chi connectivity index (χ1) is 9.56. The number of amides is 1. The van der Waals surface area contributed by atoms with Crippen LogP contribution in [0.15, 0.2) is 22.9 Å². The van der Waals surface area contributed by atoms with Gasteiger partial charge in [0.05, 0.1) is 11.4 Å². The fourth-order valence-electron chi connectivity index (χ4n) is 2.16. The minimum absolute atomic E-state index is 0.180. The van der Waals surface area contributed by atoms with Gasteiger partial charge in [-0.15, -0.1) is 11.3 Å². The Kier molecular flexibility index (Phi) is 3.19. The highest BCUT2D eigenvalue weighted by molar-refractivity contribution is 7.21. The zero-order valence-corrected chi connectivity index (χ0v) is 12.7. The van der Waals surface area contributed by atoms with Crippen LogP contribution in [0.1, 0.15) is 20.9 Å². The van der Waals surface area contributed by atoms with Crippen LogP contribution in [-0.2, 0) is 0 Å². The number of anilines is 2. The smallest absolute Gasteiger partial charge is 0.267 e. The summed E-state index contributed by atoms with van der Waals surface area (Å²) >= 11 is 2.87. The van der Waals surface area contributed by atoms with Crippen LogP contribution < -0.4 is 11.1 Å². The molecule has 0 atom stereocenters. The lowest BCUT2D eigenvalue weighted by Crippen LogP contribution is -2.11. The van der Waals surface area contributed by atoms with E-state index in [1.165, 1.54) is 22.7 Å². The van der Waals surface area contributed by atoms with E-state index in [4.69, 9.17) is 5.73 Å². The van der Waals surface area contributed by atoms with E-state index in [1.54, 1.807) is 0 Å². The summed E-state index contributed by atoms with van der Waals surface area (Å²) in [5.41, 5.74) is 9.42. The largest absolute Gasteiger partial charge is 0.397 e. The third-order valence-electron chi connectivity index (χ3n) is 3.01. The molecule has 0 aromatic carbocycles. The Labute approximate surface area is 124 Å². The van der Waals surface area contributed by atoms with E-state index in [0.717, 1.165) is 27.2 Å². The Bertz CT molecular complexity index is 790. The monoisotopic (exact) mass is 303 g/mol. The summed E-state index contributed by atoms with van der Waals surface area (Å²) < 4.78 is 0. The summed E-state index contributed by atoms with van der Waals surface area (Å²) in [7, 11) is 0. The van der Waals surface area contributed by atoms with Gasteiger partial charge in [0, 0.05) is 16.5 Å². The predicted octanol–water partition coefficient (Wildman–Crippen LogP) is 3.81. The molecule has 0 radical (unpaired) electrons. The van der Waals surface area contributed by atoms with Gasteiger partial charge in [0.15, 0.2) is 0 Å². The molecule has 0 saturated heterocycles. The van der Waals surface area contributed by atoms with Crippen LogP contribution in [0.25, 0.3) is 10.2 Å². The zero-order chi connectivity index (χ0) is 14.3. The second kappa shape index (κ2) is 4.88. The number of hydrogen-bond donors (Lipinski definition) is 2. The molecule has 3 heterocycles. The maximum Gasteiger partial charge on any atom is 0.267 e. The van der Waals surface area contributed by atoms with Crippen molar-refractivity contribution < 1.29 is 4.79 Å². The SMILES string of the molecule is Cc1cc(C)c2c(N)c(C(=O)Nc3ccsc3)sc2n1. The molecule has 20 heavy (non-hydrogen) atoms. The number of carbonyl (C=O) groups is 1.